The fourth-order valence-corrected chi connectivity index (χ4v) is 2.50. The smallest absolute Gasteiger partial charge is 0.307 e. The zero-order valence-electron chi connectivity index (χ0n) is 11.1. The molecule has 0 heterocycles. The summed E-state index contributed by atoms with van der Waals surface area (Å²) < 4.78 is 6.47. The molecule has 0 aliphatic heterocycles. The highest BCUT2D eigenvalue weighted by atomic mass is 79.9. The van der Waals surface area contributed by atoms with E-state index in [4.69, 9.17) is 9.84 Å². The second kappa shape index (κ2) is 7.04. The van der Waals surface area contributed by atoms with Crippen molar-refractivity contribution in [3.05, 3.63) is 63.6 Å². The molecular formula is C16H13BrO4. The molecule has 0 atom stereocenters. The van der Waals surface area contributed by atoms with Crippen molar-refractivity contribution < 1.29 is 19.4 Å². The van der Waals surface area contributed by atoms with E-state index in [-0.39, 0.29) is 13.0 Å². The van der Waals surface area contributed by atoms with Gasteiger partial charge < -0.3 is 9.84 Å². The largest absolute Gasteiger partial charge is 0.489 e. The Balaban J connectivity index is 2.14. The van der Waals surface area contributed by atoms with Crippen LogP contribution in [0.3, 0.4) is 0 Å². The highest BCUT2D eigenvalue weighted by molar-refractivity contribution is 9.10. The van der Waals surface area contributed by atoms with Crippen LogP contribution in [0.4, 0.5) is 0 Å². The van der Waals surface area contributed by atoms with Crippen molar-refractivity contribution in [3.63, 3.8) is 0 Å². The van der Waals surface area contributed by atoms with Gasteiger partial charge in [0, 0.05) is 15.6 Å². The van der Waals surface area contributed by atoms with Gasteiger partial charge in [-0.25, -0.2) is 0 Å². The maximum atomic E-state index is 10.8. The van der Waals surface area contributed by atoms with Crippen molar-refractivity contribution >= 4 is 28.2 Å². The second-order valence-electron chi connectivity index (χ2n) is 4.48. The van der Waals surface area contributed by atoms with Gasteiger partial charge in [-0.3, -0.25) is 9.59 Å². The Labute approximate surface area is 130 Å². The minimum absolute atomic E-state index is 0.0890. The number of para-hydroxylation sites is 1. The normalized spacial score (nSPS) is 10.1. The number of ether oxygens (including phenoxy) is 1. The number of carboxylic acids is 1. The molecule has 2 aromatic carbocycles. The SMILES string of the molecule is O=Cc1cc(Br)cc(COc2ccccc2CC(=O)O)c1. The van der Waals surface area contributed by atoms with E-state index >= 15 is 0 Å². The molecule has 21 heavy (non-hydrogen) atoms. The minimum Gasteiger partial charge on any atom is -0.489 e. The fourth-order valence-electron chi connectivity index (χ4n) is 1.94. The third-order valence-electron chi connectivity index (χ3n) is 2.82. The summed E-state index contributed by atoms with van der Waals surface area (Å²) in [5.41, 5.74) is 2.01. The van der Waals surface area contributed by atoms with E-state index in [0.717, 1.165) is 16.3 Å². The van der Waals surface area contributed by atoms with Crippen molar-refractivity contribution in [2.75, 3.05) is 0 Å². The molecule has 2 rings (SSSR count). The first-order valence-corrected chi connectivity index (χ1v) is 7.05. The molecule has 0 aliphatic carbocycles. The number of aliphatic carboxylic acids is 1. The third kappa shape index (κ3) is 4.43. The number of rotatable bonds is 6. The van der Waals surface area contributed by atoms with Crippen molar-refractivity contribution in [1.29, 1.82) is 0 Å². The van der Waals surface area contributed by atoms with Gasteiger partial charge in [-0.15, -0.1) is 0 Å². The first-order valence-electron chi connectivity index (χ1n) is 6.25. The number of carbonyl (C=O) groups excluding carboxylic acids is 1. The van der Waals surface area contributed by atoms with Crippen LogP contribution in [0, 0.1) is 0 Å². The maximum Gasteiger partial charge on any atom is 0.307 e. The van der Waals surface area contributed by atoms with E-state index in [2.05, 4.69) is 15.9 Å². The molecule has 0 fully saturated rings. The number of aldehydes is 1. The summed E-state index contributed by atoms with van der Waals surface area (Å²) in [6, 6.07) is 12.3. The lowest BCUT2D eigenvalue weighted by atomic mass is 10.1. The Morgan fingerprint density at radius 2 is 2.00 bits per heavy atom. The van der Waals surface area contributed by atoms with Gasteiger partial charge in [0.15, 0.2) is 0 Å². The summed E-state index contributed by atoms with van der Waals surface area (Å²) in [4.78, 5) is 21.7. The third-order valence-corrected chi connectivity index (χ3v) is 3.28. The summed E-state index contributed by atoms with van der Waals surface area (Å²) in [5.74, 6) is -0.371. The molecule has 4 nitrogen and oxygen atoms in total. The molecule has 108 valence electrons. The molecule has 2 aromatic rings. The summed E-state index contributed by atoms with van der Waals surface area (Å²) in [6.07, 6.45) is 0.681. The van der Waals surface area contributed by atoms with E-state index < -0.39 is 5.97 Å². The quantitative estimate of drug-likeness (QED) is 0.812. The molecule has 5 heteroatoms. The lowest BCUT2D eigenvalue weighted by Crippen LogP contribution is -2.04. The van der Waals surface area contributed by atoms with Crippen LogP contribution >= 0.6 is 15.9 Å². The van der Waals surface area contributed by atoms with Gasteiger partial charge in [0.05, 0.1) is 6.42 Å². The molecule has 0 bridgehead atoms. The summed E-state index contributed by atoms with van der Waals surface area (Å²) >= 11 is 3.34. The number of hydrogen-bond acceptors (Lipinski definition) is 3. The molecule has 0 saturated heterocycles. The molecule has 0 aliphatic rings. The topological polar surface area (TPSA) is 63.6 Å². The zero-order chi connectivity index (χ0) is 15.2. The lowest BCUT2D eigenvalue weighted by molar-refractivity contribution is -0.136. The molecule has 0 amide bonds. The Hall–Kier alpha value is -2.14. The van der Waals surface area contributed by atoms with Crippen LogP contribution < -0.4 is 4.74 Å². The van der Waals surface area contributed by atoms with Crippen molar-refractivity contribution in [3.8, 4) is 5.75 Å². The number of halogens is 1. The number of hydrogen-bond donors (Lipinski definition) is 1. The van der Waals surface area contributed by atoms with Crippen LogP contribution in [0.1, 0.15) is 21.5 Å². The Kier molecular flexibility index (Phi) is 5.11. The van der Waals surface area contributed by atoms with Crippen LogP contribution in [-0.2, 0) is 17.8 Å². The van der Waals surface area contributed by atoms with Crippen LogP contribution in [-0.4, -0.2) is 17.4 Å². The van der Waals surface area contributed by atoms with Gasteiger partial charge in [0.2, 0.25) is 0 Å². The molecule has 0 radical (unpaired) electrons. The monoisotopic (exact) mass is 348 g/mol. The zero-order valence-corrected chi connectivity index (χ0v) is 12.7. The summed E-state index contributed by atoms with van der Waals surface area (Å²) in [7, 11) is 0. The fraction of sp³-hybridized carbons (Fsp3) is 0.125. The van der Waals surface area contributed by atoms with Gasteiger partial charge >= 0.3 is 5.97 Å². The molecule has 0 saturated carbocycles. The minimum atomic E-state index is -0.906. The molecule has 0 spiro atoms. The summed E-state index contributed by atoms with van der Waals surface area (Å²) in [6.45, 7) is 0.261. The number of benzene rings is 2. The molecule has 0 aromatic heterocycles. The van der Waals surface area contributed by atoms with Crippen molar-refractivity contribution in [1.82, 2.24) is 0 Å². The predicted octanol–water partition coefficient (Wildman–Crippen LogP) is 3.47. The van der Waals surface area contributed by atoms with Crippen molar-refractivity contribution in [2.45, 2.75) is 13.0 Å². The maximum absolute atomic E-state index is 10.8. The van der Waals surface area contributed by atoms with Crippen LogP contribution in [0.15, 0.2) is 46.9 Å². The first-order chi connectivity index (χ1) is 10.1. The van der Waals surface area contributed by atoms with E-state index in [0.29, 0.717) is 16.9 Å². The van der Waals surface area contributed by atoms with E-state index in [1.165, 1.54) is 0 Å². The van der Waals surface area contributed by atoms with Crippen LogP contribution in [0.2, 0.25) is 0 Å². The highest BCUT2D eigenvalue weighted by Gasteiger charge is 2.08. The average molecular weight is 349 g/mol. The second-order valence-corrected chi connectivity index (χ2v) is 5.39. The van der Waals surface area contributed by atoms with Gasteiger partial charge in [-0.1, -0.05) is 34.1 Å². The Morgan fingerprint density at radius 1 is 1.24 bits per heavy atom. The van der Waals surface area contributed by atoms with Gasteiger partial charge in [0.25, 0.3) is 0 Å². The van der Waals surface area contributed by atoms with Crippen LogP contribution in [0.25, 0.3) is 0 Å². The highest BCUT2D eigenvalue weighted by Crippen LogP contribution is 2.21. The Bertz CT molecular complexity index is 667. The van der Waals surface area contributed by atoms with Crippen molar-refractivity contribution in [2.24, 2.45) is 0 Å². The first kappa shape index (κ1) is 15.3. The average Bonchev–Trinajstić information content (AvgIpc) is 2.45. The van der Waals surface area contributed by atoms with E-state index in [1.807, 2.05) is 6.07 Å². The molecular weight excluding hydrogens is 336 g/mol. The van der Waals surface area contributed by atoms with Gasteiger partial charge in [0.1, 0.15) is 18.6 Å². The summed E-state index contributed by atoms with van der Waals surface area (Å²) in [5, 5.41) is 8.88. The lowest BCUT2D eigenvalue weighted by Gasteiger charge is -2.11. The standard InChI is InChI=1S/C16H13BrO4/c17-14-6-11(9-18)5-12(7-14)10-21-15-4-2-1-3-13(15)8-16(19)20/h1-7,9H,8,10H2,(H,19,20). The van der Waals surface area contributed by atoms with Gasteiger partial charge in [-0.2, -0.15) is 0 Å². The van der Waals surface area contributed by atoms with Crippen LogP contribution in [0.5, 0.6) is 5.75 Å². The van der Waals surface area contributed by atoms with E-state index in [9.17, 15) is 9.59 Å². The van der Waals surface area contributed by atoms with Gasteiger partial charge in [-0.05, 0) is 29.8 Å². The molecule has 1 N–H and O–H groups in total. The Morgan fingerprint density at radius 3 is 2.71 bits per heavy atom. The number of carbonyl (C=O) groups is 2. The van der Waals surface area contributed by atoms with E-state index in [1.54, 1.807) is 36.4 Å². The number of carboxylic acid groups (broad SMARTS) is 1. The molecule has 0 unspecified atom stereocenters. The predicted molar refractivity (Wildman–Crippen MR) is 81.6 cm³/mol.